The molecule has 34 heavy (non-hydrogen) atoms. The van der Waals surface area contributed by atoms with Crippen molar-refractivity contribution >= 4 is 27.7 Å². The first-order chi connectivity index (χ1) is 16.2. The zero-order valence-electron chi connectivity index (χ0n) is 19.1. The van der Waals surface area contributed by atoms with Crippen molar-refractivity contribution in [1.82, 2.24) is 19.9 Å². The van der Waals surface area contributed by atoms with Gasteiger partial charge in [-0.05, 0) is 57.9 Å². The molecule has 0 atom stereocenters. The molecule has 11 heteroatoms. The number of nitrogens with zero attached hydrogens (tertiary/aromatic N) is 4. The normalized spacial score (nSPS) is 13.9. The Bertz CT molecular complexity index is 1290. The van der Waals surface area contributed by atoms with Crippen molar-refractivity contribution in [3.05, 3.63) is 54.7 Å². The Kier molecular flexibility index (Phi) is 6.47. The number of hydrogen-bond acceptors (Lipinski definition) is 8. The van der Waals surface area contributed by atoms with Gasteiger partial charge in [-0.3, -0.25) is 14.5 Å². The molecule has 178 valence electrons. The lowest BCUT2D eigenvalue weighted by Crippen LogP contribution is -2.36. The summed E-state index contributed by atoms with van der Waals surface area (Å²) in [6.45, 7) is 5.85. The zero-order chi connectivity index (χ0) is 24.3. The summed E-state index contributed by atoms with van der Waals surface area (Å²) >= 11 is 0. The van der Waals surface area contributed by atoms with E-state index in [4.69, 9.17) is 4.74 Å². The van der Waals surface area contributed by atoms with Gasteiger partial charge in [-0.2, -0.15) is 0 Å². The first kappa shape index (κ1) is 23.6. The second kappa shape index (κ2) is 9.34. The Balaban J connectivity index is 1.46. The highest BCUT2D eigenvalue weighted by atomic mass is 32.2. The molecule has 3 aromatic rings. The van der Waals surface area contributed by atoms with Gasteiger partial charge in [-0.1, -0.05) is 0 Å². The average Bonchev–Trinajstić information content (AvgIpc) is 3.66. The standard InChI is InChI=1S/C23H26N6O4S/c1-4-33-17-11-16(12-24-14-17)15-5-8-20(26-13-15)28-21(30)23(2,3)19-9-10-25-22(27-19)29-34(31,32)18-6-7-18/h5,8-14,18H,4,6-7H2,1-3H3,(H,25,27,29)(H,26,28,30). The van der Waals surface area contributed by atoms with E-state index in [1.807, 2.05) is 19.1 Å². The highest BCUT2D eigenvalue weighted by Gasteiger charge is 2.37. The van der Waals surface area contributed by atoms with Gasteiger partial charge in [-0.15, -0.1) is 0 Å². The molecular formula is C23H26N6O4S. The number of carbonyl (C=O) groups excluding carboxylic acids is 1. The van der Waals surface area contributed by atoms with Gasteiger partial charge in [0.15, 0.2) is 0 Å². The minimum atomic E-state index is -3.50. The molecule has 0 spiro atoms. The molecule has 3 aromatic heterocycles. The fourth-order valence-corrected chi connectivity index (χ4v) is 4.47. The van der Waals surface area contributed by atoms with Crippen LogP contribution in [-0.4, -0.2) is 46.1 Å². The van der Waals surface area contributed by atoms with Gasteiger partial charge in [0, 0.05) is 29.7 Å². The largest absolute Gasteiger partial charge is 0.492 e. The molecule has 2 N–H and O–H groups in total. The Morgan fingerprint density at radius 3 is 2.59 bits per heavy atom. The third-order valence-corrected chi connectivity index (χ3v) is 7.24. The van der Waals surface area contributed by atoms with Crippen LogP contribution in [0.15, 0.2) is 49.1 Å². The van der Waals surface area contributed by atoms with Gasteiger partial charge in [0.25, 0.3) is 0 Å². The number of hydrogen-bond donors (Lipinski definition) is 2. The molecule has 1 aliphatic rings. The van der Waals surface area contributed by atoms with E-state index in [9.17, 15) is 13.2 Å². The third-order valence-electron chi connectivity index (χ3n) is 5.42. The summed E-state index contributed by atoms with van der Waals surface area (Å²) < 4.78 is 32.3. The Labute approximate surface area is 198 Å². The lowest BCUT2D eigenvalue weighted by Gasteiger charge is -2.23. The summed E-state index contributed by atoms with van der Waals surface area (Å²) in [6, 6.07) is 6.99. The molecule has 3 heterocycles. The van der Waals surface area contributed by atoms with Crippen molar-refractivity contribution in [3.63, 3.8) is 0 Å². The maximum Gasteiger partial charge on any atom is 0.237 e. The molecular weight excluding hydrogens is 456 g/mol. The molecule has 0 radical (unpaired) electrons. The molecule has 4 rings (SSSR count). The van der Waals surface area contributed by atoms with Crippen LogP contribution in [0.2, 0.25) is 0 Å². The van der Waals surface area contributed by atoms with Crippen molar-refractivity contribution in [2.45, 2.75) is 44.3 Å². The van der Waals surface area contributed by atoms with E-state index in [0.717, 1.165) is 11.1 Å². The van der Waals surface area contributed by atoms with E-state index in [2.05, 4.69) is 30.0 Å². The van der Waals surface area contributed by atoms with Gasteiger partial charge in [0.05, 0.1) is 29.2 Å². The molecule has 0 unspecified atom stereocenters. The SMILES string of the molecule is CCOc1cncc(-c2ccc(NC(=O)C(C)(C)c3ccnc(NS(=O)(=O)C4CC4)n3)nc2)c1. The molecule has 0 bridgehead atoms. The Morgan fingerprint density at radius 1 is 1.12 bits per heavy atom. The molecule has 1 fully saturated rings. The molecule has 10 nitrogen and oxygen atoms in total. The Hall–Kier alpha value is -3.60. The van der Waals surface area contributed by atoms with Crippen LogP contribution < -0.4 is 14.8 Å². The second-order valence-corrected chi connectivity index (χ2v) is 10.4. The maximum absolute atomic E-state index is 13.0. The first-order valence-electron chi connectivity index (χ1n) is 10.9. The molecule has 0 aromatic carbocycles. The van der Waals surface area contributed by atoms with Crippen LogP contribution in [-0.2, 0) is 20.2 Å². The Morgan fingerprint density at radius 2 is 1.91 bits per heavy atom. The van der Waals surface area contributed by atoms with Gasteiger partial charge in [0.2, 0.25) is 21.9 Å². The summed E-state index contributed by atoms with van der Waals surface area (Å²) in [7, 11) is -3.50. The fraction of sp³-hybridized carbons (Fsp3) is 0.348. The summed E-state index contributed by atoms with van der Waals surface area (Å²) in [5.74, 6) is 0.653. The molecule has 0 aliphatic heterocycles. The lowest BCUT2D eigenvalue weighted by atomic mass is 9.88. The first-order valence-corrected chi connectivity index (χ1v) is 12.4. The number of carbonyl (C=O) groups is 1. The summed E-state index contributed by atoms with van der Waals surface area (Å²) in [5.41, 5.74) is 0.983. The number of pyridine rings is 2. The highest BCUT2D eigenvalue weighted by molar-refractivity contribution is 7.93. The van der Waals surface area contributed by atoms with Crippen molar-refractivity contribution in [2.24, 2.45) is 0 Å². The number of ether oxygens (including phenoxy) is 1. The van der Waals surface area contributed by atoms with E-state index in [1.165, 1.54) is 6.20 Å². The second-order valence-electron chi connectivity index (χ2n) is 8.47. The number of amides is 1. The summed E-state index contributed by atoms with van der Waals surface area (Å²) in [4.78, 5) is 29.8. The number of anilines is 2. The van der Waals surface area contributed by atoms with Crippen molar-refractivity contribution in [2.75, 3.05) is 16.6 Å². The van der Waals surface area contributed by atoms with E-state index in [1.54, 1.807) is 44.6 Å². The van der Waals surface area contributed by atoms with Crippen LogP contribution in [0, 0.1) is 0 Å². The van der Waals surface area contributed by atoms with Crippen LogP contribution in [0.3, 0.4) is 0 Å². The van der Waals surface area contributed by atoms with Crippen LogP contribution in [0.4, 0.5) is 11.8 Å². The van der Waals surface area contributed by atoms with Gasteiger partial charge >= 0.3 is 0 Å². The summed E-state index contributed by atoms with van der Waals surface area (Å²) in [5, 5.41) is 2.40. The smallest absolute Gasteiger partial charge is 0.237 e. The van der Waals surface area contributed by atoms with Crippen molar-refractivity contribution < 1.29 is 17.9 Å². The van der Waals surface area contributed by atoms with E-state index in [-0.39, 0.29) is 11.9 Å². The van der Waals surface area contributed by atoms with E-state index >= 15 is 0 Å². The number of aromatic nitrogens is 4. The van der Waals surface area contributed by atoms with E-state index < -0.39 is 20.7 Å². The number of rotatable bonds is 9. The average molecular weight is 483 g/mol. The highest BCUT2D eigenvalue weighted by Crippen LogP contribution is 2.30. The number of nitrogens with one attached hydrogen (secondary N) is 2. The molecule has 0 saturated heterocycles. The zero-order valence-corrected chi connectivity index (χ0v) is 20.0. The fourth-order valence-electron chi connectivity index (χ4n) is 3.19. The quantitative estimate of drug-likeness (QED) is 0.475. The van der Waals surface area contributed by atoms with Gasteiger partial charge in [0.1, 0.15) is 11.6 Å². The minimum absolute atomic E-state index is 0.0457. The van der Waals surface area contributed by atoms with E-state index in [0.29, 0.717) is 36.7 Å². The van der Waals surface area contributed by atoms with Gasteiger partial charge in [-0.25, -0.2) is 23.4 Å². The molecule has 1 amide bonds. The minimum Gasteiger partial charge on any atom is -0.492 e. The van der Waals surface area contributed by atoms with Crippen LogP contribution in [0.1, 0.15) is 39.3 Å². The van der Waals surface area contributed by atoms with Crippen LogP contribution >= 0.6 is 0 Å². The molecule has 1 aliphatic carbocycles. The van der Waals surface area contributed by atoms with Crippen LogP contribution in [0.25, 0.3) is 11.1 Å². The van der Waals surface area contributed by atoms with Crippen LogP contribution in [0.5, 0.6) is 5.75 Å². The summed E-state index contributed by atoms with van der Waals surface area (Å²) in [6.07, 6.45) is 7.69. The maximum atomic E-state index is 13.0. The lowest BCUT2D eigenvalue weighted by molar-refractivity contribution is -0.120. The predicted octanol–water partition coefficient (Wildman–Crippen LogP) is 3.15. The monoisotopic (exact) mass is 482 g/mol. The van der Waals surface area contributed by atoms with Crippen molar-refractivity contribution in [3.8, 4) is 16.9 Å². The third kappa shape index (κ3) is 5.30. The topological polar surface area (TPSA) is 136 Å². The van der Waals surface area contributed by atoms with Gasteiger partial charge < -0.3 is 10.1 Å². The van der Waals surface area contributed by atoms with Crippen molar-refractivity contribution in [1.29, 1.82) is 0 Å². The molecule has 1 saturated carbocycles. The number of sulfonamides is 1. The predicted molar refractivity (Wildman–Crippen MR) is 128 cm³/mol.